The van der Waals surface area contributed by atoms with Gasteiger partial charge in [-0.25, -0.2) is 9.97 Å². The predicted octanol–water partition coefficient (Wildman–Crippen LogP) is 15.5. The molecule has 0 unspecified atom stereocenters. The van der Waals surface area contributed by atoms with E-state index >= 15 is 0 Å². The molecule has 0 bridgehead atoms. The van der Waals surface area contributed by atoms with Crippen molar-refractivity contribution in [3.8, 4) is 44.9 Å². The average Bonchev–Trinajstić information content (AvgIpc) is 3.94. The minimum atomic E-state index is -0.161. The van der Waals surface area contributed by atoms with Crippen molar-refractivity contribution in [1.82, 2.24) is 9.97 Å². The second kappa shape index (κ2) is 13.3. The van der Waals surface area contributed by atoms with E-state index in [1.807, 2.05) is 6.07 Å². The Balaban J connectivity index is 1.11. The molecule has 5 heteroatoms. The molecule has 0 spiro atoms. The molecule has 0 N–H and O–H groups in total. The largest absolute Gasteiger partial charge is 0.456 e. The maximum Gasteiger partial charge on any atom is 0.160 e. The van der Waals surface area contributed by atoms with E-state index in [9.17, 15) is 0 Å². The van der Waals surface area contributed by atoms with Gasteiger partial charge in [-0.1, -0.05) is 153 Å². The molecule has 0 fully saturated rings. The average molecular weight is 788 g/mol. The summed E-state index contributed by atoms with van der Waals surface area (Å²) in [6.07, 6.45) is 0. The minimum Gasteiger partial charge on any atom is -0.456 e. The van der Waals surface area contributed by atoms with Crippen LogP contribution in [-0.4, -0.2) is 9.97 Å². The lowest BCUT2D eigenvalue weighted by Crippen LogP contribution is -2.16. The van der Waals surface area contributed by atoms with E-state index in [0.717, 1.165) is 71.4 Å². The first kappa shape index (κ1) is 34.7. The third kappa shape index (κ3) is 5.36. The maximum absolute atomic E-state index is 6.76. The van der Waals surface area contributed by atoms with Crippen LogP contribution in [-0.2, 0) is 5.41 Å². The zero-order valence-corrected chi connectivity index (χ0v) is 33.9. The van der Waals surface area contributed by atoms with Crippen molar-refractivity contribution in [2.75, 3.05) is 4.90 Å². The van der Waals surface area contributed by atoms with Crippen molar-refractivity contribution in [3.63, 3.8) is 0 Å². The Morgan fingerprint density at radius 1 is 0.500 bits per heavy atom. The SMILES string of the molecule is CC1(C)c2ccccc2-c2ccc(N(c3ccccc3)c3cc(-c4nc(-c5ccc(-c6ccccc6)cc5)c5sc6ccccc6c5n4)cc4oc5ccccc5c34)cc21. The number of para-hydroxylation sites is 2. The summed E-state index contributed by atoms with van der Waals surface area (Å²) in [7, 11) is 0. The molecule has 284 valence electrons. The van der Waals surface area contributed by atoms with E-state index < -0.39 is 0 Å². The molecule has 0 saturated carbocycles. The second-order valence-electron chi connectivity index (χ2n) is 16.2. The lowest BCUT2D eigenvalue weighted by molar-refractivity contribution is 0.660. The van der Waals surface area contributed by atoms with Crippen LogP contribution < -0.4 is 4.90 Å². The van der Waals surface area contributed by atoms with Crippen LogP contribution in [0, 0.1) is 0 Å². The molecule has 0 atom stereocenters. The molecular weight excluding hydrogens is 751 g/mol. The van der Waals surface area contributed by atoms with Crippen LogP contribution in [0.3, 0.4) is 0 Å². The van der Waals surface area contributed by atoms with Crippen molar-refractivity contribution >= 4 is 70.6 Å². The number of hydrogen-bond donors (Lipinski definition) is 0. The second-order valence-corrected chi connectivity index (χ2v) is 17.2. The van der Waals surface area contributed by atoms with Gasteiger partial charge in [-0.3, -0.25) is 0 Å². The first-order valence-corrected chi connectivity index (χ1v) is 21.2. The number of rotatable bonds is 6. The van der Waals surface area contributed by atoms with Crippen LogP contribution in [0.4, 0.5) is 17.1 Å². The van der Waals surface area contributed by atoms with Crippen molar-refractivity contribution in [2.24, 2.45) is 0 Å². The fourth-order valence-electron chi connectivity index (χ4n) is 9.34. The summed E-state index contributed by atoms with van der Waals surface area (Å²) >= 11 is 1.75. The van der Waals surface area contributed by atoms with Crippen molar-refractivity contribution < 1.29 is 4.42 Å². The normalized spacial score (nSPS) is 13.0. The third-order valence-electron chi connectivity index (χ3n) is 12.3. The molecule has 0 saturated heterocycles. The quantitative estimate of drug-likeness (QED) is 0.168. The van der Waals surface area contributed by atoms with Gasteiger partial charge >= 0.3 is 0 Å². The van der Waals surface area contributed by atoms with Gasteiger partial charge in [0.2, 0.25) is 0 Å². The predicted molar refractivity (Wildman–Crippen MR) is 251 cm³/mol. The zero-order valence-electron chi connectivity index (χ0n) is 33.1. The standard InChI is InChI=1S/C55H37N3OS/c1-55(2)44-22-12-9-19-40(44)41-30-29-39(33-45(41)55)58(38-17-7-4-8-18-38)46-31-37(32-48-50(46)42-20-10-13-23-47(42)59-48)54-56-51(53-52(57-54)43-21-11-14-24-49(43)60-53)36-27-25-35(26-28-36)34-15-5-3-6-16-34/h3-33H,1-2H3. The Morgan fingerprint density at radius 3 is 2.00 bits per heavy atom. The molecule has 4 nitrogen and oxygen atoms in total. The molecule has 3 aromatic heterocycles. The summed E-state index contributed by atoms with van der Waals surface area (Å²) in [5, 5.41) is 3.23. The van der Waals surface area contributed by atoms with Gasteiger partial charge in [0, 0.05) is 43.4 Å². The summed E-state index contributed by atoms with van der Waals surface area (Å²) in [5.41, 5.74) is 16.0. The molecule has 0 aliphatic heterocycles. The fourth-order valence-corrected chi connectivity index (χ4v) is 10.5. The van der Waals surface area contributed by atoms with E-state index in [4.69, 9.17) is 14.4 Å². The molecule has 11 aromatic rings. The minimum absolute atomic E-state index is 0.161. The highest BCUT2D eigenvalue weighted by atomic mass is 32.1. The third-order valence-corrected chi connectivity index (χ3v) is 13.4. The molecule has 3 heterocycles. The number of furan rings is 1. The monoisotopic (exact) mass is 787 g/mol. The van der Waals surface area contributed by atoms with Crippen LogP contribution in [0.5, 0.6) is 0 Å². The van der Waals surface area contributed by atoms with E-state index in [0.29, 0.717) is 5.82 Å². The van der Waals surface area contributed by atoms with E-state index in [1.165, 1.54) is 38.1 Å². The number of hydrogen-bond acceptors (Lipinski definition) is 5. The van der Waals surface area contributed by atoms with Gasteiger partial charge in [0.25, 0.3) is 0 Å². The van der Waals surface area contributed by atoms with Gasteiger partial charge in [-0.05, 0) is 81.9 Å². The molecule has 0 radical (unpaired) electrons. The van der Waals surface area contributed by atoms with Gasteiger partial charge in [0.05, 0.1) is 27.0 Å². The number of aromatic nitrogens is 2. The molecule has 1 aliphatic carbocycles. The number of nitrogens with zero attached hydrogens (tertiary/aromatic N) is 3. The highest BCUT2D eigenvalue weighted by Crippen LogP contribution is 2.52. The Morgan fingerprint density at radius 2 is 1.17 bits per heavy atom. The summed E-state index contributed by atoms with van der Waals surface area (Å²) < 4.78 is 9.02. The number of fused-ring (bicyclic) bond motifs is 9. The first-order chi connectivity index (χ1) is 29.5. The molecule has 8 aromatic carbocycles. The van der Waals surface area contributed by atoms with Crippen molar-refractivity contribution in [2.45, 2.75) is 19.3 Å². The van der Waals surface area contributed by atoms with Gasteiger partial charge in [-0.2, -0.15) is 0 Å². The maximum atomic E-state index is 6.76. The highest BCUT2D eigenvalue weighted by Gasteiger charge is 2.36. The molecule has 1 aliphatic rings. The van der Waals surface area contributed by atoms with E-state index in [1.54, 1.807) is 11.3 Å². The molecular formula is C55H37N3OS. The van der Waals surface area contributed by atoms with Gasteiger partial charge < -0.3 is 9.32 Å². The Labute approximate surface area is 351 Å². The molecule has 60 heavy (non-hydrogen) atoms. The highest BCUT2D eigenvalue weighted by molar-refractivity contribution is 7.26. The first-order valence-electron chi connectivity index (χ1n) is 20.4. The van der Waals surface area contributed by atoms with Crippen molar-refractivity contribution in [3.05, 3.63) is 199 Å². The van der Waals surface area contributed by atoms with Crippen LogP contribution in [0.25, 0.3) is 87.1 Å². The van der Waals surface area contributed by atoms with Crippen LogP contribution in [0.2, 0.25) is 0 Å². The number of benzene rings is 8. The number of anilines is 3. The Bertz CT molecular complexity index is 3460. The lowest BCUT2D eigenvalue weighted by Gasteiger charge is -2.29. The summed E-state index contributed by atoms with van der Waals surface area (Å²) in [4.78, 5) is 13.3. The number of thiophene rings is 1. The summed E-state index contributed by atoms with van der Waals surface area (Å²) in [5.74, 6) is 0.648. The zero-order chi connectivity index (χ0) is 40.0. The molecule has 0 amide bonds. The van der Waals surface area contributed by atoms with E-state index in [-0.39, 0.29) is 5.41 Å². The van der Waals surface area contributed by atoms with Crippen LogP contribution in [0.15, 0.2) is 192 Å². The molecule has 12 rings (SSSR count). The smallest absolute Gasteiger partial charge is 0.160 e. The lowest BCUT2D eigenvalue weighted by atomic mass is 9.82. The van der Waals surface area contributed by atoms with Gasteiger partial charge in [-0.15, -0.1) is 11.3 Å². The summed E-state index contributed by atoms with van der Waals surface area (Å²) in [6.45, 7) is 4.68. The van der Waals surface area contributed by atoms with Crippen LogP contribution >= 0.6 is 11.3 Å². The Hall–Kier alpha value is -7.34. The fraction of sp³-hybridized carbons (Fsp3) is 0.0545. The Kier molecular flexibility index (Phi) is 7.72. The van der Waals surface area contributed by atoms with Gasteiger partial charge in [0.1, 0.15) is 11.2 Å². The van der Waals surface area contributed by atoms with Crippen LogP contribution in [0.1, 0.15) is 25.0 Å². The van der Waals surface area contributed by atoms with Gasteiger partial charge in [0.15, 0.2) is 5.82 Å². The topological polar surface area (TPSA) is 42.2 Å². The van der Waals surface area contributed by atoms with E-state index in [2.05, 4.69) is 201 Å². The van der Waals surface area contributed by atoms with Crippen molar-refractivity contribution in [1.29, 1.82) is 0 Å². The summed E-state index contributed by atoms with van der Waals surface area (Å²) in [6, 6.07) is 67.0.